The predicted octanol–water partition coefficient (Wildman–Crippen LogP) is 3.08. The third kappa shape index (κ3) is 4.27. The van der Waals surface area contributed by atoms with Gasteiger partial charge in [0.2, 0.25) is 5.91 Å². The van der Waals surface area contributed by atoms with Crippen LogP contribution in [0.25, 0.3) is 0 Å². The van der Waals surface area contributed by atoms with Gasteiger partial charge in [0, 0.05) is 18.3 Å². The maximum absolute atomic E-state index is 12.6. The fourth-order valence-electron chi connectivity index (χ4n) is 2.63. The minimum Gasteiger partial charge on any atom is -0.399 e. The lowest BCUT2D eigenvalue weighted by molar-refractivity contribution is -0.136. The molecule has 0 aliphatic carbocycles. The van der Waals surface area contributed by atoms with Crippen LogP contribution < -0.4 is 16.0 Å². The summed E-state index contributed by atoms with van der Waals surface area (Å²) in [5.41, 5.74) is 7.56. The molecule has 0 atom stereocenters. The van der Waals surface area contributed by atoms with Crippen LogP contribution >= 0.6 is 0 Å². The average Bonchev–Trinajstić information content (AvgIpc) is 2.54. The van der Waals surface area contributed by atoms with E-state index in [1.54, 1.807) is 30.3 Å². The first-order valence-corrected chi connectivity index (χ1v) is 8.22. The number of hydrogen-bond donors (Lipinski definition) is 2. The van der Waals surface area contributed by atoms with E-state index in [1.807, 2.05) is 32.9 Å². The fourth-order valence-corrected chi connectivity index (χ4v) is 2.63. The number of nitrogens with one attached hydrogen (secondary N) is 1. The Morgan fingerprint density at radius 2 is 1.65 bits per heavy atom. The van der Waals surface area contributed by atoms with Gasteiger partial charge in [-0.1, -0.05) is 45.0 Å². The van der Waals surface area contributed by atoms with Crippen molar-refractivity contribution in [2.24, 2.45) is 0 Å². The van der Waals surface area contributed by atoms with E-state index >= 15 is 0 Å². The number of nitrogens with zero attached hydrogens (tertiary/aromatic N) is 1. The lowest BCUT2D eigenvalue weighted by atomic mass is 9.86. The van der Waals surface area contributed by atoms with Crippen molar-refractivity contribution in [3.63, 3.8) is 0 Å². The van der Waals surface area contributed by atoms with Crippen LogP contribution in [0.2, 0.25) is 0 Å². The van der Waals surface area contributed by atoms with Crippen molar-refractivity contribution in [1.29, 1.82) is 0 Å². The minimum absolute atomic E-state index is 0.221. The molecule has 0 fully saturated rings. The zero-order chi connectivity index (χ0) is 19.5. The highest BCUT2D eigenvalue weighted by molar-refractivity contribution is 6.48. The first kappa shape index (κ1) is 19.2. The Balaban J connectivity index is 2.32. The number of amides is 3. The van der Waals surface area contributed by atoms with Crippen molar-refractivity contribution < 1.29 is 14.4 Å². The Kier molecular flexibility index (Phi) is 5.45. The maximum atomic E-state index is 12.6. The van der Waals surface area contributed by atoms with Crippen LogP contribution in [0, 0.1) is 0 Å². The van der Waals surface area contributed by atoms with Gasteiger partial charge in [0.05, 0.1) is 5.69 Å². The number of rotatable bonds is 2. The summed E-state index contributed by atoms with van der Waals surface area (Å²) >= 11 is 0. The third-order valence-corrected chi connectivity index (χ3v) is 3.82. The van der Waals surface area contributed by atoms with Gasteiger partial charge in [0.25, 0.3) is 0 Å². The van der Waals surface area contributed by atoms with Gasteiger partial charge >= 0.3 is 11.8 Å². The van der Waals surface area contributed by atoms with E-state index in [0.29, 0.717) is 11.4 Å². The van der Waals surface area contributed by atoms with Crippen LogP contribution in [-0.2, 0) is 19.8 Å². The molecule has 2 rings (SSSR count). The number of hydrogen-bond acceptors (Lipinski definition) is 4. The molecular weight excluding hydrogens is 330 g/mol. The largest absolute Gasteiger partial charge is 0.399 e. The number of carbonyl (C=O) groups excluding carboxylic acids is 3. The van der Waals surface area contributed by atoms with Gasteiger partial charge in [0.1, 0.15) is 0 Å². The fraction of sp³-hybridized carbons (Fsp3) is 0.250. The smallest absolute Gasteiger partial charge is 0.323 e. The molecule has 2 aromatic carbocycles. The SMILES string of the molecule is CC(=O)N(C(=O)C(=O)Nc1ccccc1C(C)(C)C)c1cccc(N)c1. The van der Waals surface area contributed by atoms with Crippen molar-refractivity contribution >= 4 is 34.8 Å². The number of imide groups is 1. The molecule has 0 saturated carbocycles. The molecule has 3 amide bonds. The van der Waals surface area contributed by atoms with Crippen molar-refractivity contribution in [2.45, 2.75) is 33.1 Å². The van der Waals surface area contributed by atoms with E-state index in [1.165, 1.54) is 13.0 Å². The second-order valence-corrected chi connectivity index (χ2v) is 7.00. The van der Waals surface area contributed by atoms with Crippen LogP contribution in [0.1, 0.15) is 33.3 Å². The molecule has 0 unspecified atom stereocenters. The summed E-state index contributed by atoms with van der Waals surface area (Å²) in [7, 11) is 0. The molecule has 0 heterocycles. The first-order chi connectivity index (χ1) is 12.1. The molecule has 3 N–H and O–H groups in total. The van der Waals surface area contributed by atoms with Gasteiger partial charge in [0.15, 0.2) is 0 Å². The standard InChI is InChI=1S/C20H23N3O3/c1-13(24)23(15-9-7-8-14(21)12-15)19(26)18(25)22-17-11-6-5-10-16(17)20(2,3)4/h5-12H,21H2,1-4H3,(H,22,25). The highest BCUT2D eigenvalue weighted by Gasteiger charge is 2.28. The zero-order valence-electron chi connectivity index (χ0n) is 15.4. The van der Waals surface area contributed by atoms with Crippen LogP contribution in [-0.4, -0.2) is 17.7 Å². The number of nitrogens with two attached hydrogens (primary N) is 1. The summed E-state index contributed by atoms with van der Waals surface area (Å²) in [4.78, 5) is 37.9. The number of benzene rings is 2. The molecule has 0 saturated heterocycles. The van der Waals surface area contributed by atoms with Crippen molar-refractivity contribution in [2.75, 3.05) is 16.0 Å². The van der Waals surface area contributed by atoms with Crippen LogP contribution in [0.5, 0.6) is 0 Å². The Labute approximate surface area is 153 Å². The molecule has 0 bridgehead atoms. The molecule has 0 spiro atoms. The summed E-state index contributed by atoms with van der Waals surface area (Å²) in [6, 6.07) is 13.5. The van der Waals surface area contributed by atoms with E-state index in [-0.39, 0.29) is 11.1 Å². The van der Waals surface area contributed by atoms with Crippen LogP contribution in [0.15, 0.2) is 48.5 Å². The van der Waals surface area contributed by atoms with Crippen LogP contribution in [0.3, 0.4) is 0 Å². The van der Waals surface area contributed by atoms with Gasteiger partial charge in [-0.3, -0.25) is 14.4 Å². The summed E-state index contributed by atoms with van der Waals surface area (Å²) in [5.74, 6) is -2.43. The monoisotopic (exact) mass is 353 g/mol. The summed E-state index contributed by atoms with van der Waals surface area (Å²) in [6.45, 7) is 7.24. The molecule has 0 radical (unpaired) electrons. The molecule has 6 heteroatoms. The summed E-state index contributed by atoms with van der Waals surface area (Å²) in [5, 5.41) is 2.62. The normalized spacial score (nSPS) is 10.9. The lowest BCUT2D eigenvalue weighted by Crippen LogP contribution is -2.43. The zero-order valence-corrected chi connectivity index (χ0v) is 15.4. The molecule has 26 heavy (non-hydrogen) atoms. The second kappa shape index (κ2) is 7.39. The first-order valence-electron chi connectivity index (χ1n) is 8.22. The van der Waals surface area contributed by atoms with Gasteiger partial charge < -0.3 is 11.1 Å². The van der Waals surface area contributed by atoms with E-state index in [0.717, 1.165) is 10.5 Å². The summed E-state index contributed by atoms with van der Waals surface area (Å²) in [6.07, 6.45) is 0. The maximum Gasteiger partial charge on any atom is 0.323 e. The quantitative estimate of drug-likeness (QED) is 0.641. The Hall–Kier alpha value is -3.15. The Morgan fingerprint density at radius 3 is 2.23 bits per heavy atom. The van der Waals surface area contributed by atoms with Gasteiger partial charge in [-0.2, -0.15) is 0 Å². The topological polar surface area (TPSA) is 92.5 Å². The highest BCUT2D eigenvalue weighted by Crippen LogP contribution is 2.29. The molecule has 6 nitrogen and oxygen atoms in total. The Morgan fingerprint density at radius 1 is 1.00 bits per heavy atom. The van der Waals surface area contributed by atoms with E-state index in [2.05, 4.69) is 5.32 Å². The second-order valence-electron chi connectivity index (χ2n) is 7.00. The lowest BCUT2D eigenvalue weighted by Gasteiger charge is -2.24. The van der Waals surface area contributed by atoms with Crippen molar-refractivity contribution in [3.05, 3.63) is 54.1 Å². The number of anilines is 3. The average molecular weight is 353 g/mol. The van der Waals surface area contributed by atoms with Gasteiger partial charge in [-0.05, 0) is 35.2 Å². The van der Waals surface area contributed by atoms with Gasteiger partial charge in [-0.15, -0.1) is 0 Å². The minimum atomic E-state index is -0.966. The van der Waals surface area contributed by atoms with Crippen molar-refractivity contribution in [3.8, 4) is 0 Å². The Bertz CT molecular complexity index is 853. The van der Waals surface area contributed by atoms with Crippen molar-refractivity contribution in [1.82, 2.24) is 0 Å². The van der Waals surface area contributed by atoms with E-state index in [9.17, 15) is 14.4 Å². The van der Waals surface area contributed by atoms with Crippen LogP contribution in [0.4, 0.5) is 17.1 Å². The number of nitrogen functional groups attached to an aromatic ring is 1. The molecule has 0 aromatic heterocycles. The molecule has 2 aromatic rings. The molecular formula is C20H23N3O3. The molecule has 0 aliphatic rings. The number of para-hydroxylation sites is 1. The van der Waals surface area contributed by atoms with E-state index < -0.39 is 17.7 Å². The molecule has 0 aliphatic heterocycles. The number of carbonyl (C=O) groups is 3. The predicted molar refractivity (Wildman–Crippen MR) is 103 cm³/mol. The highest BCUT2D eigenvalue weighted by atomic mass is 16.2. The third-order valence-electron chi connectivity index (χ3n) is 3.82. The van der Waals surface area contributed by atoms with Gasteiger partial charge in [-0.25, -0.2) is 4.90 Å². The summed E-state index contributed by atoms with van der Waals surface area (Å²) < 4.78 is 0. The molecule has 136 valence electrons. The van der Waals surface area contributed by atoms with E-state index in [4.69, 9.17) is 5.73 Å².